The molecule has 0 saturated carbocycles. The maximum Gasteiger partial charge on any atom is 0.343 e. The Bertz CT molecular complexity index is 1840. The molecule has 268 valence electrons. The standard InChI is InChI=1S/C41H44O10/c1-27(2)40(44)49-23-9-7-6-8-22-48-35-19-16-31-25-33(13-12-32(31)26-35)39(43)28(3)50-34-17-14-30(15-18-34)41(45)51-36-20-10-29(24-37(36)46-4)11-21-38(42)47-5/h10-21,24-28H,6-9,22-23H2,1-5H3/b21-11+. The van der Waals surface area contributed by atoms with E-state index in [9.17, 15) is 19.2 Å². The van der Waals surface area contributed by atoms with Crippen molar-refractivity contribution in [2.45, 2.75) is 52.6 Å². The van der Waals surface area contributed by atoms with E-state index in [1.807, 2.05) is 44.2 Å². The van der Waals surface area contributed by atoms with Crippen LogP contribution >= 0.6 is 0 Å². The molecule has 0 fully saturated rings. The lowest BCUT2D eigenvalue weighted by molar-refractivity contribution is -0.147. The molecule has 10 heteroatoms. The smallest absolute Gasteiger partial charge is 0.343 e. The highest BCUT2D eigenvalue weighted by atomic mass is 16.6. The lowest BCUT2D eigenvalue weighted by Crippen LogP contribution is -2.24. The molecule has 0 spiro atoms. The molecule has 10 nitrogen and oxygen atoms in total. The molecule has 51 heavy (non-hydrogen) atoms. The first-order valence-electron chi connectivity index (χ1n) is 16.9. The second kappa shape index (κ2) is 18.9. The van der Waals surface area contributed by atoms with E-state index in [1.54, 1.807) is 61.5 Å². The van der Waals surface area contributed by atoms with Crippen molar-refractivity contribution < 1.29 is 47.6 Å². The molecular weight excluding hydrogens is 652 g/mol. The average Bonchev–Trinajstić information content (AvgIpc) is 3.14. The number of ether oxygens (including phenoxy) is 6. The van der Waals surface area contributed by atoms with Gasteiger partial charge in [-0.25, -0.2) is 9.59 Å². The van der Waals surface area contributed by atoms with Crippen LogP contribution in [-0.4, -0.2) is 57.2 Å². The summed E-state index contributed by atoms with van der Waals surface area (Å²) in [5, 5.41) is 1.86. The van der Waals surface area contributed by atoms with Gasteiger partial charge in [0.05, 0.1) is 38.9 Å². The highest BCUT2D eigenvalue weighted by Crippen LogP contribution is 2.30. The van der Waals surface area contributed by atoms with Crippen LogP contribution in [0.5, 0.6) is 23.0 Å². The van der Waals surface area contributed by atoms with E-state index in [1.165, 1.54) is 20.3 Å². The molecule has 0 saturated heterocycles. The summed E-state index contributed by atoms with van der Waals surface area (Å²) in [5.41, 5.74) is 1.45. The Balaban J connectivity index is 1.26. The molecule has 1 unspecified atom stereocenters. The van der Waals surface area contributed by atoms with Crippen molar-refractivity contribution in [1.29, 1.82) is 0 Å². The molecule has 0 amide bonds. The molecule has 0 radical (unpaired) electrons. The highest BCUT2D eigenvalue weighted by Gasteiger charge is 2.19. The van der Waals surface area contributed by atoms with Gasteiger partial charge in [0, 0.05) is 11.6 Å². The van der Waals surface area contributed by atoms with Crippen molar-refractivity contribution in [3.05, 3.63) is 102 Å². The number of hydrogen-bond donors (Lipinski definition) is 0. The van der Waals surface area contributed by atoms with Crippen LogP contribution in [0.25, 0.3) is 16.8 Å². The zero-order chi connectivity index (χ0) is 36.8. The molecule has 0 aliphatic heterocycles. The number of carbonyl (C=O) groups is 4. The van der Waals surface area contributed by atoms with Gasteiger partial charge >= 0.3 is 17.9 Å². The summed E-state index contributed by atoms with van der Waals surface area (Å²) in [6.45, 7) is 6.38. The predicted octanol–water partition coefficient (Wildman–Crippen LogP) is 8.04. The molecule has 4 aromatic carbocycles. The molecular formula is C41H44O10. The molecule has 0 bridgehead atoms. The Kier molecular flexibility index (Phi) is 14.2. The molecule has 0 N–H and O–H groups in total. The van der Waals surface area contributed by atoms with Gasteiger partial charge < -0.3 is 28.4 Å². The first-order chi connectivity index (χ1) is 24.6. The Hall–Kier alpha value is -5.64. The molecule has 4 aromatic rings. The maximum absolute atomic E-state index is 13.3. The number of Topliss-reactive ketones (excluding diaryl/α,β-unsaturated/α-hetero) is 1. The van der Waals surface area contributed by atoms with Gasteiger partial charge in [0.15, 0.2) is 17.6 Å². The Morgan fingerprint density at radius 1 is 0.686 bits per heavy atom. The second-order valence-corrected chi connectivity index (χ2v) is 12.1. The van der Waals surface area contributed by atoms with Gasteiger partial charge in [-0.05, 0) is 110 Å². The van der Waals surface area contributed by atoms with Gasteiger partial charge in [-0.3, -0.25) is 9.59 Å². The fourth-order valence-corrected chi connectivity index (χ4v) is 4.98. The quantitative estimate of drug-likeness (QED) is 0.0332. The van der Waals surface area contributed by atoms with E-state index in [4.69, 9.17) is 23.7 Å². The van der Waals surface area contributed by atoms with Gasteiger partial charge in [0.1, 0.15) is 11.5 Å². The van der Waals surface area contributed by atoms with Crippen molar-refractivity contribution in [1.82, 2.24) is 0 Å². The zero-order valence-electron chi connectivity index (χ0n) is 29.6. The molecule has 0 aromatic heterocycles. The van der Waals surface area contributed by atoms with E-state index in [2.05, 4.69) is 4.74 Å². The van der Waals surface area contributed by atoms with E-state index in [0.29, 0.717) is 35.8 Å². The minimum Gasteiger partial charge on any atom is -0.494 e. The Morgan fingerprint density at radius 3 is 2.06 bits per heavy atom. The third-order valence-electron chi connectivity index (χ3n) is 7.89. The van der Waals surface area contributed by atoms with Crippen LogP contribution in [0.2, 0.25) is 0 Å². The highest BCUT2D eigenvalue weighted by molar-refractivity contribution is 6.02. The SMILES string of the molecule is COC(=O)/C=C/c1ccc(OC(=O)c2ccc(OC(C)C(=O)c3ccc4cc(OCCCCCCOC(=O)C(C)C)ccc4c3)cc2)c(OC)c1. The van der Waals surface area contributed by atoms with Gasteiger partial charge in [0.2, 0.25) is 5.78 Å². The number of esters is 3. The van der Waals surface area contributed by atoms with Crippen molar-refractivity contribution >= 4 is 40.5 Å². The van der Waals surface area contributed by atoms with Gasteiger partial charge in [0.25, 0.3) is 0 Å². The van der Waals surface area contributed by atoms with Crippen LogP contribution in [0.4, 0.5) is 0 Å². The summed E-state index contributed by atoms with van der Waals surface area (Å²) >= 11 is 0. The summed E-state index contributed by atoms with van der Waals surface area (Å²) in [6.07, 6.45) is 5.76. The minimum atomic E-state index is -0.777. The van der Waals surface area contributed by atoms with E-state index in [-0.39, 0.29) is 29.0 Å². The molecule has 0 aliphatic rings. The number of fused-ring (bicyclic) bond motifs is 1. The number of methoxy groups -OCH3 is 2. The lowest BCUT2D eigenvalue weighted by atomic mass is 10.0. The summed E-state index contributed by atoms with van der Waals surface area (Å²) < 4.78 is 32.5. The Labute approximate surface area is 298 Å². The summed E-state index contributed by atoms with van der Waals surface area (Å²) in [5.74, 6) is 0.163. The van der Waals surface area contributed by atoms with E-state index < -0.39 is 18.0 Å². The van der Waals surface area contributed by atoms with Crippen molar-refractivity contribution in [2.75, 3.05) is 27.4 Å². The van der Waals surface area contributed by atoms with E-state index in [0.717, 1.165) is 42.2 Å². The molecule has 0 heterocycles. The van der Waals surface area contributed by atoms with E-state index >= 15 is 0 Å². The minimum absolute atomic E-state index is 0.0993. The Morgan fingerprint density at radius 2 is 1.35 bits per heavy atom. The first kappa shape index (κ1) is 38.2. The first-order valence-corrected chi connectivity index (χ1v) is 16.9. The third kappa shape index (κ3) is 11.5. The monoisotopic (exact) mass is 696 g/mol. The number of benzene rings is 4. The van der Waals surface area contributed by atoms with Gasteiger partial charge in [-0.2, -0.15) is 0 Å². The predicted molar refractivity (Wildman–Crippen MR) is 194 cm³/mol. The van der Waals surface area contributed by atoms with Crippen molar-refractivity contribution in [2.24, 2.45) is 5.92 Å². The largest absolute Gasteiger partial charge is 0.494 e. The zero-order valence-corrected chi connectivity index (χ0v) is 29.6. The molecule has 1 atom stereocenters. The summed E-state index contributed by atoms with van der Waals surface area (Å²) in [6, 6.07) is 22.5. The number of unbranched alkanes of at least 4 members (excludes halogenated alkanes) is 3. The van der Waals surface area contributed by atoms with Crippen LogP contribution in [0.15, 0.2) is 84.9 Å². The number of carbonyl (C=O) groups excluding carboxylic acids is 4. The normalized spacial score (nSPS) is 11.6. The maximum atomic E-state index is 13.3. The molecule has 0 aliphatic carbocycles. The van der Waals surface area contributed by atoms with Crippen LogP contribution in [0, 0.1) is 5.92 Å². The van der Waals surface area contributed by atoms with Gasteiger partial charge in [-0.1, -0.05) is 38.1 Å². The number of ketones is 1. The van der Waals surface area contributed by atoms with Crippen LogP contribution in [-0.2, 0) is 19.1 Å². The van der Waals surface area contributed by atoms with Gasteiger partial charge in [-0.15, -0.1) is 0 Å². The second-order valence-electron chi connectivity index (χ2n) is 12.1. The molecule has 4 rings (SSSR count). The number of hydrogen-bond acceptors (Lipinski definition) is 10. The topological polar surface area (TPSA) is 124 Å². The fraction of sp³-hybridized carbons (Fsp3) is 0.317. The summed E-state index contributed by atoms with van der Waals surface area (Å²) in [7, 11) is 2.74. The fourth-order valence-electron chi connectivity index (χ4n) is 4.98. The lowest BCUT2D eigenvalue weighted by Gasteiger charge is -2.15. The van der Waals surface area contributed by atoms with Crippen LogP contribution in [0.3, 0.4) is 0 Å². The summed E-state index contributed by atoms with van der Waals surface area (Å²) in [4.78, 5) is 49.0. The van der Waals surface area contributed by atoms with Crippen LogP contribution in [0.1, 0.15) is 72.7 Å². The third-order valence-corrected chi connectivity index (χ3v) is 7.89. The average molecular weight is 697 g/mol. The van der Waals surface area contributed by atoms with Crippen LogP contribution < -0.4 is 18.9 Å². The van der Waals surface area contributed by atoms with Crippen molar-refractivity contribution in [3.63, 3.8) is 0 Å². The van der Waals surface area contributed by atoms with Crippen molar-refractivity contribution in [3.8, 4) is 23.0 Å². The number of rotatable bonds is 18.